The highest BCUT2D eigenvalue weighted by Crippen LogP contribution is 2.43. The number of primary amides is 1. The van der Waals surface area contributed by atoms with Gasteiger partial charge in [-0.1, -0.05) is 6.07 Å². The number of nitrogens with two attached hydrogens (primary N) is 1. The zero-order valence-corrected chi connectivity index (χ0v) is 17.0. The molecule has 1 aromatic heterocycles. The molecule has 11 nitrogen and oxygen atoms in total. The maximum atomic E-state index is 12.7. The average molecular weight is 427 g/mol. The lowest BCUT2D eigenvalue weighted by atomic mass is 9.89. The Balaban J connectivity index is 1.77. The number of hydrogen-bond acceptors (Lipinski definition) is 8. The Kier molecular flexibility index (Phi) is 4.21. The predicted octanol–water partition coefficient (Wildman–Crippen LogP) is 0.126. The molecule has 0 bridgehead atoms. The summed E-state index contributed by atoms with van der Waals surface area (Å²) in [5.41, 5.74) is 7.93. The Hall–Kier alpha value is -3.89. The third-order valence-corrected chi connectivity index (χ3v) is 5.27. The van der Waals surface area contributed by atoms with Crippen molar-refractivity contribution in [3.8, 4) is 17.1 Å². The molecule has 1 aromatic carbocycles. The lowest BCUT2D eigenvalue weighted by molar-refractivity contribution is -0.123. The van der Waals surface area contributed by atoms with Crippen LogP contribution in [-0.4, -0.2) is 51.9 Å². The minimum absolute atomic E-state index is 0.107. The Labute approximate surface area is 182 Å². The van der Waals surface area contributed by atoms with Gasteiger partial charge in [0, 0.05) is 18.1 Å². The smallest absolute Gasteiger partial charge is 0.273 e. The molecule has 1 aliphatic carbocycles. The first-order valence-electron chi connectivity index (χ1n) is 11.0. The van der Waals surface area contributed by atoms with Gasteiger partial charge in [0.05, 0.1) is 24.1 Å². The van der Waals surface area contributed by atoms with Crippen LogP contribution in [0.5, 0.6) is 5.75 Å². The van der Waals surface area contributed by atoms with Gasteiger partial charge >= 0.3 is 0 Å². The van der Waals surface area contributed by atoms with Gasteiger partial charge < -0.3 is 21.1 Å². The summed E-state index contributed by atoms with van der Waals surface area (Å²) < 4.78 is 29.2. The minimum Gasteiger partial charge on any atom is -0.494 e. The highest BCUT2D eigenvalue weighted by Gasteiger charge is 2.51. The van der Waals surface area contributed by atoms with E-state index in [-0.39, 0.29) is 17.3 Å². The monoisotopic (exact) mass is 427 g/mol. The number of carbonyl (C=O) groups is 2. The van der Waals surface area contributed by atoms with Crippen molar-refractivity contribution in [1.29, 1.82) is 0 Å². The van der Waals surface area contributed by atoms with E-state index in [0.29, 0.717) is 22.8 Å². The molecule has 2 aromatic rings. The van der Waals surface area contributed by atoms with Crippen molar-refractivity contribution in [3.63, 3.8) is 0 Å². The lowest BCUT2D eigenvalue weighted by Crippen LogP contribution is -2.57. The third-order valence-electron chi connectivity index (χ3n) is 5.27. The third kappa shape index (κ3) is 3.58. The molecule has 2 amide bonds. The van der Waals surface area contributed by atoms with Gasteiger partial charge in [0.1, 0.15) is 6.33 Å². The highest BCUT2D eigenvalue weighted by molar-refractivity contribution is 6.46. The number of carbonyl (C=O) groups excluding carboxylic acids is 2. The summed E-state index contributed by atoms with van der Waals surface area (Å²) in [4.78, 5) is 29.4. The van der Waals surface area contributed by atoms with Gasteiger partial charge in [0.2, 0.25) is 5.91 Å². The van der Waals surface area contributed by atoms with Crippen molar-refractivity contribution >= 4 is 23.2 Å². The quantitative estimate of drug-likeness (QED) is 0.491. The maximum absolute atomic E-state index is 12.7. The number of rotatable bonds is 7. The first-order valence-corrected chi connectivity index (χ1v) is 9.54. The van der Waals surface area contributed by atoms with Crippen LogP contribution >= 0.6 is 0 Å². The van der Waals surface area contributed by atoms with E-state index in [9.17, 15) is 9.59 Å². The number of nitrogens with zero attached hydrogens (tertiary/aromatic N) is 4. The molecule has 0 saturated heterocycles. The number of para-hydroxylation sites is 1. The minimum atomic E-state index is -2.73. The van der Waals surface area contributed by atoms with E-state index in [1.54, 1.807) is 36.3 Å². The molecule has 0 spiro atoms. The second kappa shape index (κ2) is 7.74. The number of hydrogen-bond donors (Lipinski definition) is 4. The number of hydrazone groups is 1. The molecule has 1 fully saturated rings. The standard InChI is InChI=1S/C20H24N8O3/c1-22-18(29)15-14(9-20(19(21)30,27-25-15)11-7-8-11)24-13-6-4-5-12(16(13)31-3)17-23-10-28(2)26-17/h4-6,9-11,24,27H,7-8H2,1-3H3,(H2,21,30)(H,22,29)/i1D3. The number of benzene rings is 1. The largest absolute Gasteiger partial charge is 0.494 e. The Morgan fingerprint density at radius 2 is 2.23 bits per heavy atom. The van der Waals surface area contributed by atoms with Crippen LogP contribution < -0.4 is 26.5 Å². The second-order valence-electron chi connectivity index (χ2n) is 7.35. The van der Waals surface area contributed by atoms with E-state index < -0.39 is 24.3 Å². The molecular formula is C20H24N8O3. The number of anilines is 1. The van der Waals surface area contributed by atoms with Crippen molar-refractivity contribution in [1.82, 2.24) is 25.5 Å². The first kappa shape index (κ1) is 16.9. The van der Waals surface area contributed by atoms with Crippen LogP contribution in [0.15, 0.2) is 41.4 Å². The van der Waals surface area contributed by atoms with E-state index in [1.807, 2.05) is 5.32 Å². The molecule has 1 aliphatic heterocycles. The molecule has 1 unspecified atom stereocenters. The van der Waals surface area contributed by atoms with E-state index in [2.05, 4.69) is 25.9 Å². The van der Waals surface area contributed by atoms with Crippen molar-refractivity contribution in [2.75, 3.05) is 19.4 Å². The Bertz CT molecular complexity index is 1200. The molecule has 2 aliphatic rings. The van der Waals surface area contributed by atoms with Gasteiger partial charge in [-0.2, -0.15) is 10.2 Å². The summed E-state index contributed by atoms with van der Waals surface area (Å²) in [6.45, 7) is -2.73. The second-order valence-corrected chi connectivity index (χ2v) is 7.35. The summed E-state index contributed by atoms with van der Waals surface area (Å²) in [5.74, 6) is -0.933. The molecule has 0 radical (unpaired) electrons. The van der Waals surface area contributed by atoms with Crippen molar-refractivity contribution in [2.24, 2.45) is 23.8 Å². The first-order chi connectivity index (χ1) is 16.0. The van der Waals surface area contributed by atoms with Crippen molar-refractivity contribution in [3.05, 3.63) is 36.3 Å². The Morgan fingerprint density at radius 3 is 2.84 bits per heavy atom. The Morgan fingerprint density at radius 1 is 1.42 bits per heavy atom. The van der Waals surface area contributed by atoms with Crippen LogP contribution in [-0.2, 0) is 16.6 Å². The fraction of sp³-hybridized carbons (Fsp3) is 0.350. The lowest BCUT2D eigenvalue weighted by Gasteiger charge is -2.32. The fourth-order valence-corrected chi connectivity index (χ4v) is 3.58. The highest BCUT2D eigenvalue weighted by atomic mass is 16.5. The van der Waals surface area contributed by atoms with Crippen molar-refractivity contribution in [2.45, 2.75) is 18.4 Å². The van der Waals surface area contributed by atoms with Crippen LogP contribution in [0, 0.1) is 5.92 Å². The van der Waals surface area contributed by atoms with E-state index >= 15 is 0 Å². The van der Waals surface area contributed by atoms with Crippen LogP contribution in [0.25, 0.3) is 11.4 Å². The average Bonchev–Trinajstić information content (AvgIpc) is 3.53. The van der Waals surface area contributed by atoms with Crippen LogP contribution in [0.4, 0.5) is 5.69 Å². The van der Waals surface area contributed by atoms with E-state index in [0.717, 1.165) is 12.8 Å². The SMILES string of the molecule is [2H]C([2H])([2H])NC(=O)C1=NNC(C(N)=O)(C2CC2)C=C1Nc1cccc(-c2ncn(C)n2)c1OC. The normalized spacial score (nSPS) is 22.1. The number of nitrogens with one attached hydrogen (secondary N) is 3. The zero-order chi connectivity index (χ0) is 24.7. The maximum Gasteiger partial charge on any atom is 0.273 e. The number of ether oxygens (including phenoxy) is 1. The molecule has 4 rings (SSSR count). The van der Waals surface area contributed by atoms with Crippen molar-refractivity contribution < 1.29 is 18.4 Å². The molecule has 1 atom stereocenters. The number of methoxy groups -OCH3 is 1. The van der Waals surface area contributed by atoms with Crippen LogP contribution in [0.1, 0.15) is 17.0 Å². The van der Waals surface area contributed by atoms with E-state index in [4.69, 9.17) is 14.6 Å². The summed E-state index contributed by atoms with van der Waals surface area (Å²) in [6, 6.07) is 5.20. The predicted molar refractivity (Wildman–Crippen MR) is 114 cm³/mol. The molecule has 5 N–H and O–H groups in total. The number of aryl methyl sites for hydroxylation is 1. The van der Waals surface area contributed by atoms with Crippen LogP contribution in [0.3, 0.4) is 0 Å². The molecule has 11 heteroatoms. The summed E-state index contributed by atoms with van der Waals surface area (Å²) in [6.07, 6.45) is 4.52. The summed E-state index contributed by atoms with van der Waals surface area (Å²) in [7, 11) is 3.20. The molecule has 162 valence electrons. The van der Waals surface area contributed by atoms with Crippen LogP contribution in [0.2, 0.25) is 0 Å². The molecule has 2 heterocycles. The summed E-state index contributed by atoms with van der Waals surface area (Å²) >= 11 is 0. The van der Waals surface area contributed by atoms with Gasteiger partial charge in [0.25, 0.3) is 5.91 Å². The van der Waals surface area contributed by atoms with E-state index in [1.165, 1.54) is 13.2 Å². The molecular weight excluding hydrogens is 400 g/mol. The van der Waals surface area contributed by atoms with Gasteiger partial charge in [-0.3, -0.25) is 19.7 Å². The van der Waals surface area contributed by atoms with Gasteiger partial charge in [-0.05, 0) is 37.0 Å². The number of amides is 2. The van der Waals surface area contributed by atoms with Gasteiger partial charge in [-0.25, -0.2) is 4.98 Å². The topological polar surface area (TPSA) is 149 Å². The molecule has 1 saturated carbocycles. The van der Waals surface area contributed by atoms with Gasteiger partial charge in [-0.15, -0.1) is 0 Å². The molecule has 31 heavy (non-hydrogen) atoms. The fourth-order valence-electron chi connectivity index (χ4n) is 3.58. The zero-order valence-electron chi connectivity index (χ0n) is 20.0. The summed E-state index contributed by atoms with van der Waals surface area (Å²) in [5, 5.41) is 13.4. The number of aromatic nitrogens is 3. The van der Waals surface area contributed by atoms with Gasteiger partial charge in [0.15, 0.2) is 22.8 Å².